The number of amides is 1. The van der Waals surface area contributed by atoms with Crippen molar-refractivity contribution in [2.75, 3.05) is 13.1 Å². The van der Waals surface area contributed by atoms with Gasteiger partial charge in [0.2, 0.25) is 5.91 Å². The number of carbonyl (C=O) groups is 2. The molecule has 2 aliphatic heterocycles. The summed E-state index contributed by atoms with van der Waals surface area (Å²) in [4.78, 5) is 31.6. The maximum absolute atomic E-state index is 13.9. The van der Waals surface area contributed by atoms with E-state index in [1.807, 2.05) is 11.0 Å². The molecule has 194 valence electrons. The highest BCUT2D eigenvalue weighted by molar-refractivity contribution is 5.91. The molecule has 0 spiro atoms. The smallest absolute Gasteiger partial charge is 0.240 e. The number of hydrogen-bond acceptors (Lipinski definition) is 4. The average molecular weight is 494 g/mol. The van der Waals surface area contributed by atoms with Gasteiger partial charge in [0.15, 0.2) is 5.78 Å². The second kappa shape index (κ2) is 12.1. The molecule has 2 aromatic carbocycles. The molecule has 2 aromatic rings. The van der Waals surface area contributed by atoms with Crippen LogP contribution in [0.4, 0.5) is 4.39 Å². The van der Waals surface area contributed by atoms with Crippen molar-refractivity contribution in [2.45, 2.75) is 83.0 Å². The van der Waals surface area contributed by atoms with E-state index in [4.69, 9.17) is 5.73 Å². The third kappa shape index (κ3) is 6.60. The molecule has 2 heterocycles. The van der Waals surface area contributed by atoms with Gasteiger partial charge in [0, 0.05) is 31.6 Å². The first-order valence-corrected chi connectivity index (χ1v) is 13.4. The second-order valence-corrected chi connectivity index (χ2v) is 10.9. The van der Waals surface area contributed by atoms with Gasteiger partial charge in [-0.3, -0.25) is 14.5 Å². The van der Waals surface area contributed by atoms with Crippen molar-refractivity contribution >= 4 is 11.7 Å². The molecule has 2 aliphatic rings. The molecule has 2 fully saturated rings. The quantitative estimate of drug-likeness (QED) is 0.534. The van der Waals surface area contributed by atoms with Crippen LogP contribution in [0.2, 0.25) is 0 Å². The number of ketones is 1. The lowest BCUT2D eigenvalue weighted by molar-refractivity contribution is -0.142. The molecule has 0 aromatic heterocycles. The molecule has 0 aliphatic carbocycles. The topological polar surface area (TPSA) is 66.6 Å². The largest absolute Gasteiger partial charge is 0.331 e. The SMILES string of the molecule is CC(C)C[C@H](C(=O)CCc1ccc(F)cc1)N1CCC(CCc2ccccc2)N2C[C@H](N)C[C@H]2C1=O. The van der Waals surface area contributed by atoms with Gasteiger partial charge in [0.25, 0.3) is 0 Å². The summed E-state index contributed by atoms with van der Waals surface area (Å²) in [5, 5.41) is 0. The van der Waals surface area contributed by atoms with Crippen LogP contribution in [0, 0.1) is 11.7 Å². The highest BCUT2D eigenvalue weighted by Gasteiger charge is 2.45. The average Bonchev–Trinajstić information content (AvgIpc) is 3.21. The molecular weight excluding hydrogens is 453 g/mol. The number of fused-ring (bicyclic) bond motifs is 1. The van der Waals surface area contributed by atoms with Gasteiger partial charge < -0.3 is 10.6 Å². The van der Waals surface area contributed by atoms with Crippen molar-refractivity contribution in [1.29, 1.82) is 0 Å². The predicted molar refractivity (Wildman–Crippen MR) is 141 cm³/mol. The van der Waals surface area contributed by atoms with Gasteiger partial charge in [0.05, 0.1) is 12.1 Å². The molecule has 2 N–H and O–H groups in total. The highest BCUT2D eigenvalue weighted by atomic mass is 19.1. The van der Waals surface area contributed by atoms with Gasteiger partial charge in [-0.1, -0.05) is 56.3 Å². The van der Waals surface area contributed by atoms with Crippen molar-refractivity contribution in [2.24, 2.45) is 11.7 Å². The van der Waals surface area contributed by atoms with E-state index in [1.165, 1.54) is 17.7 Å². The van der Waals surface area contributed by atoms with E-state index >= 15 is 0 Å². The van der Waals surface area contributed by atoms with Crippen LogP contribution in [0.1, 0.15) is 57.1 Å². The van der Waals surface area contributed by atoms with E-state index < -0.39 is 6.04 Å². The fraction of sp³-hybridized carbons (Fsp3) is 0.533. The molecule has 1 amide bonds. The van der Waals surface area contributed by atoms with Crippen LogP contribution in [0.3, 0.4) is 0 Å². The van der Waals surface area contributed by atoms with E-state index in [-0.39, 0.29) is 41.6 Å². The third-order valence-corrected chi connectivity index (χ3v) is 7.74. The Morgan fingerprint density at radius 2 is 1.75 bits per heavy atom. The predicted octanol–water partition coefficient (Wildman–Crippen LogP) is 4.38. The molecule has 0 saturated carbocycles. The van der Waals surface area contributed by atoms with Gasteiger partial charge >= 0.3 is 0 Å². The summed E-state index contributed by atoms with van der Waals surface area (Å²) in [6, 6.07) is 16.4. The number of hydrogen-bond donors (Lipinski definition) is 1. The van der Waals surface area contributed by atoms with Gasteiger partial charge in [0.1, 0.15) is 5.82 Å². The van der Waals surface area contributed by atoms with Crippen molar-refractivity contribution in [3.63, 3.8) is 0 Å². The summed E-state index contributed by atoms with van der Waals surface area (Å²) in [7, 11) is 0. The standard InChI is InChI=1S/C30H40FN3O2/c1-21(2)18-27(29(35)15-11-23-8-12-24(31)13-9-23)33-17-16-26(14-10-22-6-4-3-5-7-22)34-20-25(32)19-28(34)30(33)36/h3-9,12-13,21,25-28H,10-11,14-20,32H2,1-2H3/t25-,26?,27-,28+/m1/s1. The van der Waals surface area contributed by atoms with Gasteiger partial charge in [-0.25, -0.2) is 4.39 Å². The van der Waals surface area contributed by atoms with Crippen LogP contribution >= 0.6 is 0 Å². The van der Waals surface area contributed by atoms with E-state index in [2.05, 4.69) is 43.0 Å². The summed E-state index contributed by atoms with van der Waals surface area (Å²) in [6.07, 6.45) is 4.98. The Morgan fingerprint density at radius 3 is 2.44 bits per heavy atom. The minimum absolute atomic E-state index is 0.0177. The second-order valence-electron chi connectivity index (χ2n) is 10.9. The number of nitrogens with two attached hydrogens (primary N) is 1. The van der Waals surface area contributed by atoms with Gasteiger partial charge in [-0.15, -0.1) is 0 Å². The molecule has 4 rings (SSSR count). The summed E-state index contributed by atoms with van der Waals surface area (Å²) in [5.41, 5.74) is 8.59. The zero-order chi connectivity index (χ0) is 25.7. The van der Waals surface area contributed by atoms with Crippen LogP contribution in [0.5, 0.6) is 0 Å². The molecule has 4 atom stereocenters. The number of halogens is 1. The van der Waals surface area contributed by atoms with E-state index in [0.29, 0.717) is 32.2 Å². The molecular formula is C30H40FN3O2. The summed E-state index contributed by atoms with van der Waals surface area (Å²) < 4.78 is 13.3. The monoisotopic (exact) mass is 493 g/mol. The van der Waals surface area contributed by atoms with Crippen LogP contribution in [-0.2, 0) is 22.4 Å². The zero-order valence-electron chi connectivity index (χ0n) is 21.6. The van der Waals surface area contributed by atoms with Crippen LogP contribution < -0.4 is 5.73 Å². The fourth-order valence-corrected chi connectivity index (χ4v) is 5.86. The van der Waals surface area contributed by atoms with Crippen molar-refractivity contribution in [3.8, 4) is 0 Å². The molecule has 6 heteroatoms. The lowest BCUT2D eigenvalue weighted by atomic mass is 9.94. The Balaban J connectivity index is 1.49. The number of benzene rings is 2. The molecule has 5 nitrogen and oxygen atoms in total. The van der Waals surface area contributed by atoms with Crippen molar-refractivity contribution in [1.82, 2.24) is 9.80 Å². The first-order valence-electron chi connectivity index (χ1n) is 13.4. The van der Waals surface area contributed by atoms with E-state index in [1.54, 1.807) is 12.1 Å². The normalized spacial score (nSPS) is 23.5. The molecule has 36 heavy (non-hydrogen) atoms. The summed E-state index contributed by atoms with van der Waals surface area (Å²) in [6.45, 7) is 5.53. The van der Waals surface area contributed by atoms with Crippen LogP contribution in [-0.4, -0.2) is 58.7 Å². The lowest BCUT2D eigenvalue weighted by Crippen LogP contribution is -2.51. The highest BCUT2D eigenvalue weighted by Crippen LogP contribution is 2.31. The van der Waals surface area contributed by atoms with E-state index in [0.717, 1.165) is 31.4 Å². The van der Waals surface area contributed by atoms with Gasteiger partial charge in [-0.2, -0.15) is 0 Å². The Labute approximate surface area is 214 Å². The number of aryl methyl sites for hydroxylation is 2. The van der Waals surface area contributed by atoms with Crippen LogP contribution in [0.15, 0.2) is 54.6 Å². The van der Waals surface area contributed by atoms with Gasteiger partial charge in [-0.05, 0) is 67.7 Å². The zero-order valence-corrected chi connectivity index (χ0v) is 21.6. The Morgan fingerprint density at radius 1 is 1.06 bits per heavy atom. The van der Waals surface area contributed by atoms with Crippen molar-refractivity contribution < 1.29 is 14.0 Å². The Kier molecular flexibility index (Phi) is 8.91. The first kappa shape index (κ1) is 26.5. The lowest BCUT2D eigenvalue weighted by Gasteiger charge is -2.33. The number of rotatable bonds is 10. The third-order valence-electron chi connectivity index (χ3n) is 7.74. The van der Waals surface area contributed by atoms with E-state index in [9.17, 15) is 14.0 Å². The van der Waals surface area contributed by atoms with Crippen molar-refractivity contribution in [3.05, 3.63) is 71.5 Å². The summed E-state index contributed by atoms with van der Waals surface area (Å²) >= 11 is 0. The molecule has 0 radical (unpaired) electrons. The van der Waals surface area contributed by atoms with Crippen LogP contribution in [0.25, 0.3) is 0 Å². The molecule has 0 bridgehead atoms. The summed E-state index contributed by atoms with van der Waals surface area (Å²) in [5.74, 6) is 0.166. The Bertz CT molecular complexity index is 1010. The maximum atomic E-state index is 13.9. The number of carbonyl (C=O) groups excluding carboxylic acids is 2. The minimum atomic E-state index is -0.426. The first-order chi connectivity index (χ1) is 17.3. The Hall–Kier alpha value is -2.57. The maximum Gasteiger partial charge on any atom is 0.240 e. The number of Topliss-reactive ketones (excluding diaryl/α,β-unsaturated/α-hetero) is 1. The fourth-order valence-electron chi connectivity index (χ4n) is 5.86. The minimum Gasteiger partial charge on any atom is -0.331 e. The molecule has 2 saturated heterocycles. The number of nitrogens with zero attached hydrogens (tertiary/aromatic N) is 2. The molecule has 1 unspecified atom stereocenters.